The van der Waals surface area contributed by atoms with E-state index in [2.05, 4.69) is 25.8 Å². The average molecular weight is 378 g/mol. The molecule has 0 radical (unpaired) electrons. The van der Waals surface area contributed by atoms with Gasteiger partial charge in [-0.25, -0.2) is 9.97 Å². The van der Waals surface area contributed by atoms with Gasteiger partial charge in [0.1, 0.15) is 24.5 Å². The second kappa shape index (κ2) is 7.41. The molecule has 0 N–H and O–H groups in total. The molecule has 1 amide bonds. The van der Waals surface area contributed by atoms with Gasteiger partial charge in [0, 0.05) is 44.1 Å². The maximum absolute atomic E-state index is 12.7. The molecular formula is C22H26N4O2. The first kappa shape index (κ1) is 17.5. The summed E-state index contributed by atoms with van der Waals surface area (Å²) in [6, 6.07) is 8.18. The number of carbonyl (C=O) groups excluding carboxylic acids is 1. The van der Waals surface area contributed by atoms with Crippen LogP contribution in [0.2, 0.25) is 0 Å². The Morgan fingerprint density at radius 3 is 2.64 bits per heavy atom. The van der Waals surface area contributed by atoms with E-state index in [4.69, 9.17) is 4.74 Å². The van der Waals surface area contributed by atoms with Gasteiger partial charge in [-0.2, -0.15) is 0 Å². The van der Waals surface area contributed by atoms with E-state index in [9.17, 15) is 4.79 Å². The van der Waals surface area contributed by atoms with E-state index in [-0.39, 0.29) is 5.92 Å². The smallest absolute Gasteiger partial charge is 0.225 e. The normalized spacial score (nSPS) is 19.6. The molecule has 0 bridgehead atoms. The number of para-hydroxylation sites is 1. The summed E-state index contributed by atoms with van der Waals surface area (Å²) in [6.07, 6.45) is 6.55. The summed E-state index contributed by atoms with van der Waals surface area (Å²) in [4.78, 5) is 26.3. The molecule has 6 nitrogen and oxygen atoms in total. The van der Waals surface area contributed by atoms with Gasteiger partial charge in [-0.1, -0.05) is 18.2 Å². The number of carbonyl (C=O) groups is 1. The third-order valence-electron chi connectivity index (χ3n) is 6.28. The molecule has 28 heavy (non-hydrogen) atoms. The van der Waals surface area contributed by atoms with Gasteiger partial charge in [0.15, 0.2) is 0 Å². The van der Waals surface area contributed by atoms with Gasteiger partial charge < -0.3 is 14.5 Å². The fourth-order valence-corrected chi connectivity index (χ4v) is 4.68. The molecule has 2 aromatic rings. The zero-order chi connectivity index (χ0) is 18.9. The van der Waals surface area contributed by atoms with Crippen molar-refractivity contribution in [2.24, 2.45) is 5.92 Å². The topological polar surface area (TPSA) is 58.6 Å². The van der Waals surface area contributed by atoms with Crippen LogP contribution < -0.4 is 9.64 Å². The summed E-state index contributed by atoms with van der Waals surface area (Å²) in [5, 5.41) is 0. The minimum atomic E-state index is 0.166. The molecule has 2 fully saturated rings. The Morgan fingerprint density at radius 2 is 1.82 bits per heavy atom. The van der Waals surface area contributed by atoms with Crippen molar-refractivity contribution in [1.82, 2.24) is 14.9 Å². The second-order valence-corrected chi connectivity index (χ2v) is 7.99. The molecule has 4 heterocycles. The molecule has 0 unspecified atom stereocenters. The van der Waals surface area contributed by atoms with Crippen molar-refractivity contribution in [2.45, 2.75) is 38.7 Å². The van der Waals surface area contributed by atoms with Crippen molar-refractivity contribution >= 4 is 11.7 Å². The number of hydrogen-bond acceptors (Lipinski definition) is 5. The molecule has 5 rings (SSSR count). The first-order chi connectivity index (χ1) is 13.8. The molecule has 0 aliphatic carbocycles. The van der Waals surface area contributed by atoms with E-state index < -0.39 is 0 Å². The molecular weight excluding hydrogens is 352 g/mol. The number of fused-ring (bicyclic) bond motifs is 2. The first-order valence-electron chi connectivity index (χ1n) is 10.4. The number of rotatable bonds is 2. The highest BCUT2D eigenvalue weighted by Crippen LogP contribution is 2.33. The summed E-state index contributed by atoms with van der Waals surface area (Å²) >= 11 is 0. The van der Waals surface area contributed by atoms with Crippen molar-refractivity contribution in [1.29, 1.82) is 0 Å². The van der Waals surface area contributed by atoms with Crippen molar-refractivity contribution in [2.75, 3.05) is 31.1 Å². The van der Waals surface area contributed by atoms with Crippen LogP contribution in [0.5, 0.6) is 5.75 Å². The van der Waals surface area contributed by atoms with Gasteiger partial charge in [-0.3, -0.25) is 4.79 Å². The highest BCUT2D eigenvalue weighted by atomic mass is 16.5. The largest absolute Gasteiger partial charge is 0.487 e. The number of ether oxygens (including phenoxy) is 1. The number of aromatic nitrogens is 2. The minimum absolute atomic E-state index is 0.166. The lowest BCUT2D eigenvalue weighted by Crippen LogP contribution is -2.42. The van der Waals surface area contributed by atoms with Gasteiger partial charge in [-0.15, -0.1) is 0 Å². The van der Waals surface area contributed by atoms with Crippen LogP contribution in [0.4, 0.5) is 5.82 Å². The van der Waals surface area contributed by atoms with Crippen LogP contribution in [0.1, 0.15) is 42.5 Å². The minimum Gasteiger partial charge on any atom is -0.487 e. The first-order valence-corrected chi connectivity index (χ1v) is 10.4. The van der Waals surface area contributed by atoms with Crippen LogP contribution in [-0.2, 0) is 17.8 Å². The molecule has 0 atom stereocenters. The Bertz CT molecular complexity index is 871. The van der Waals surface area contributed by atoms with Crippen molar-refractivity contribution in [3.05, 3.63) is 47.4 Å². The van der Waals surface area contributed by atoms with Gasteiger partial charge >= 0.3 is 0 Å². The molecule has 1 aromatic carbocycles. The van der Waals surface area contributed by atoms with E-state index in [1.165, 1.54) is 5.56 Å². The quantitative estimate of drug-likeness (QED) is 0.804. The fourth-order valence-electron chi connectivity index (χ4n) is 4.68. The number of hydrogen-bond donors (Lipinski definition) is 0. The molecule has 1 aromatic heterocycles. The Morgan fingerprint density at radius 1 is 1.04 bits per heavy atom. The summed E-state index contributed by atoms with van der Waals surface area (Å²) in [5.41, 5.74) is 3.31. The predicted molar refractivity (Wildman–Crippen MR) is 106 cm³/mol. The Kier molecular flexibility index (Phi) is 4.63. The van der Waals surface area contributed by atoms with Crippen LogP contribution in [0.3, 0.4) is 0 Å². The zero-order valence-electron chi connectivity index (χ0n) is 16.1. The maximum Gasteiger partial charge on any atom is 0.225 e. The van der Waals surface area contributed by atoms with Crippen molar-refractivity contribution in [3.8, 4) is 5.75 Å². The van der Waals surface area contributed by atoms with E-state index >= 15 is 0 Å². The Hall–Kier alpha value is -2.63. The van der Waals surface area contributed by atoms with Crippen LogP contribution in [0.25, 0.3) is 0 Å². The number of likely N-dealkylation sites (tertiary alicyclic amines) is 1. The monoisotopic (exact) mass is 378 g/mol. The average Bonchev–Trinajstić information content (AvgIpc) is 3.21. The molecule has 0 spiro atoms. The summed E-state index contributed by atoms with van der Waals surface area (Å²) < 4.78 is 5.96. The number of amides is 1. The molecule has 0 saturated carbocycles. The number of benzene rings is 1. The molecule has 3 aliphatic heterocycles. The zero-order valence-corrected chi connectivity index (χ0v) is 16.1. The second-order valence-electron chi connectivity index (χ2n) is 7.99. The van der Waals surface area contributed by atoms with Gasteiger partial charge in [0.05, 0.1) is 5.69 Å². The standard InChI is InChI=1S/C22H26N4O2/c27-22(26-9-3-4-10-26)16-7-11-25(12-8-16)21-18-13-17-5-1-2-6-20(17)28-14-19(18)23-15-24-21/h1-2,5-6,15-16H,3-4,7-14H2. The van der Waals surface area contributed by atoms with Gasteiger partial charge in [0.25, 0.3) is 0 Å². The summed E-state index contributed by atoms with van der Waals surface area (Å²) in [7, 11) is 0. The van der Waals surface area contributed by atoms with Crippen LogP contribution in [0, 0.1) is 5.92 Å². The third kappa shape index (κ3) is 3.21. The summed E-state index contributed by atoms with van der Waals surface area (Å²) in [6.45, 7) is 4.11. The lowest BCUT2D eigenvalue weighted by molar-refractivity contribution is -0.135. The number of piperidine rings is 1. The van der Waals surface area contributed by atoms with E-state index in [1.54, 1.807) is 6.33 Å². The van der Waals surface area contributed by atoms with Gasteiger partial charge in [-0.05, 0) is 37.3 Å². The fraction of sp³-hybridized carbons (Fsp3) is 0.500. The molecule has 3 aliphatic rings. The van der Waals surface area contributed by atoms with E-state index in [1.807, 2.05) is 18.2 Å². The Labute approximate surface area is 165 Å². The SMILES string of the molecule is O=C(C1CCN(c2ncnc3c2Cc2ccccc2OC3)CC1)N1CCCC1. The molecule has 2 saturated heterocycles. The van der Waals surface area contributed by atoms with E-state index in [0.29, 0.717) is 12.5 Å². The third-order valence-corrected chi connectivity index (χ3v) is 6.28. The van der Waals surface area contributed by atoms with Crippen molar-refractivity contribution < 1.29 is 9.53 Å². The van der Waals surface area contributed by atoms with Crippen LogP contribution in [0.15, 0.2) is 30.6 Å². The van der Waals surface area contributed by atoms with Gasteiger partial charge in [0.2, 0.25) is 5.91 Å². The predicted octanol–water partition coefficient (Wildman–Crippen LogP) is 2.80. The molecule has 6 heteroatoms. The van der Waals surface area contributed by atoms with Crippen LogP contribution in [-0.4, -0.2) is 47.0 Å². The number of nitrogens with zero attached hydrogens (tertiary/aromatic N) is 4. The lowest BCUT2D eigenvalue weighted by atomic mass is 9.94. The Balaban J connectivity index is 1.34. The van der Waals surface area contributed by atoms with E-state index in [0.717, 1.165) is 81.1 Å². The lowest BCUT2D eigenvalue weighted by Gasteiger charge is -2.34. The maximum atomic E-state index is 12.7. The number of anilines is 1. The highest BCUT2D eigenvalue weighted by molar-refractivity contribution is 5.79. The van der Waals surface area contributed by atoms with Crippen molar-refractivity contribution in [3.63, 3.8) is 0 Å². The molecule has 146 valence electrons. The van der Waals surface area contributed by atoms with Crippen LogP contribution >= 0.6 is 0 Å². The highest BCUT2D eigenvalue weighted by Gasteiger charge is 2.31. The summed E-state index contributed by atoms with van der Waals surface area (Å²) in [5.74, 6) is 2.47.